The quantitative estimate of drug-likeness (QED) is 0.734. The van der Waals surface area contributed by atoms with Crippen molar-refractivity contribution in [2.24, 2.45) is 5.73 Å². The molecular weight excluding hydrogens is 218 g/mol. The monoisotopic (exact) mass is 241 g/mol. The number of morpholine rings is 1. The van der Waals surface area contributed by atoms with Crippen molar-refractivity contribution in [1.82, 2.24) is 9.80 Å². The maximum Gasteiger partial charge on any atom is 0.236 e. The number of ether oxygens (including phenoxy) is 1. The third kappa shape index (κ3) is 3.40. The van der Waals surface area contributed by atoms with E-state index >= 15 is 0 Å². The molecule has 2 heterocycles. The Morgan fingerprint density at radius 2 is 2.00 bits per heavy atom. The lowest BCUT2D eigenvalue weighted by Gasteiger charge is -2.36. The van der Waals surface area contributed by atoms with Crippen LogP contribution in [0, 0.1) is 0 Å². The van der Waals surface area contributed by atoms with Crippen LogP contribution in [-0.4, -0.2) is 67.7 Å². The summed E-state index contributed by atoms with van der Waals surface area (Å²) in [6.07, 6.45) is 3.55. The molecule has 2 fully saturated rings. The standard InChI is InChI=1S/C12H23N3O2/c13-8-11-10-17-7-6-15(11)9-12(16)14-4-2-1-3-5-14/h11H,1-10,13H2. The van der Waals surface area contributed by atoms with Crippen LogP contribution in [0.5, 0.6) is 0 Å². The molecule has 0 aliphatic carbocycles. The van der Waals surface area contributed by atoms with Crippen LogP contribution in [0.4, 0.5) is 0 Å². The van der Waals surface area contributed by atoms with Crippen LogP contribution in [0.25, 0.3) is 0 Å². The number of nitrogens with zero attached hydrogens (tertiary/aromatic N) is 2. The Kier molecular flexibility index (Phi) is 4.76. The summed E-state index contributed by atoms with van der Waals surface area (Å²) in [4.78, 5) is 16.3. The number of amides is 1. The summed E-state index contributed by atoms with van der Waals surface area (Å²) in [7, 11) is 0. The fourth-order valence-electron chi connectivity index (χ4n) is 2.53. The SMILES string of the molecule is NCC1COCCN1CC(=O)N1CCCCC1. The molecule has 17 heavy (non-hydrogen) atoms. The van der Waals surface area contributed by atoms with Crippen molar-refractivity contribution in [1.29, 1.82) is 0 Å². The van der Waals surface area contributed by atoms with Crippen LogP contribution in [0.2, 0.25) is 0 Å². The Morgan fingerprint density at radius 3 is 2.71 bits per heavy atom. The van der Waals surface area contributed by atoms with Crippen LogP contribution >= 0.6 is 0 Å². The van der Waals surface area contributed by atoms with E-state index in [2.05, 4.69) is 4.90 Å². The lowest BCUT2D eigenvalue weighted by atomic mass is 10.1. The highest BCUT2D eigenvalue weighted by Gasteiger charge is 2.26. The summed E-state index contributed by atoms with van der Waals surface area (Å²) < 4.78 is 5.38. The van der Waals surface area contributed by atoms with E-state index in [1.165, 1.54) is 6.42 Å². The molecule has 98 valence electrons. The molecule has 5 nitrogen and oxygen atoms in total. The van der Waals surface area contributed by atoms with Crippen molar-refractivity contribution in [3.05, 3.63) is 0 Å². The van der Waals surface area contributed by atoms with E-state index < -0.39 is 0 Å². The molecule has 2 aliphatic rings. The Bertz CT molecular complexity index is 254. The third-order valence-electron chi connectivity index (χ3n) is 3.67. The van der Waals surface area contributed by atoms with Gasteiger partial charge in [-0.05, 0) is 19.3 Å². The van der Waals surface area contributed by atoms with Crippen molar-refractivity contribution in [2.45, 2.75) is 25.3 Å². The van der Waals surface area contributed by atoms with E-state index in [9.17, 15) is 4.79 Å². The van der Waals surface area contributed by atoms with Crippen molar-refractivity contribution < 1.29 is 9.53 Å². The molecule has 1 unspecified atom stereocenters. The highest BCUT2D eigenvalue weighted by molar-refractivity contribution is 5.78. The molecule has 2 saturated heterocycles. The van der Waals surface area contributed by atoms with Crippen LogP contribution in [-0.2, 0) is 9.53 Å². The fraction of sp³-hybridized carbons (Fsp3) is 0.917. The summed E-state index contributed by atoms with van der Waals surface area (Å²) >= 11 is 0. The molecule has 0 aromatic rings. The zero-order valence-electron chi connectivity index (χ0n) is 10.4. The van der Waals surface area contributed by atoms with Gasteiger partial charge in [-0.15, -0.1) is 0 Å². The van der Waals surface area contributed by atoms with E-state index in [0.29, 0.717) is 26.3 Å². The summed E-state index contributed by atoms with van der Waals surface area (Å²) in [6.45, 7) is 5.11. The zero-order valence-corrected chi connectivity index (χ0v) is 10.4. The second-order valence-electron chi connectivity index (χ2n) is 4.88. The molecule has 2 aliphatic heterocycles. The third-order valence-corrected chi connectivity index (χ3v) is 3.67. The second-order valence-corrected chi connectivity index (χ2v) is 4.88. The number of likely N-dealkylation sites (tertiary alicyclic amines) is 1. The highest BCUT2D eigenvalue weighted by atomic mass is 16.5. The number of carbonyl (C=O) groups excluding carboxylic acids is 1. The summed E-state index contributed by atoms with van der Waals surface area (Å²) in [5.41, 5.74) is 5.70. The van der Waals surface area contributed by atoms with Gasteiger partial charge in [-0.3, -0.25) is 9.69 Å². The van der Waals surface area contributed by atoms with E-state index in [1.807, 2.05) is 4.90 Å². The average molecular weight is 241 g/mol. The Balaban J connectivity index is 1.83. The van der Waals surface area contributed by atoms with Crippen LogP contribution in [0.1, 0.15) is 19.3 Å². The molecule has 0 radical (unpaired) electrons. The number of hydrogen-bond donors (Lipinski definition) is 1. The van der Waals surface area contributed by atoms with E-state index in [0.717, 1.165) is 32.5 Å². The van der Waals surface area contributed by atoms with Gasteiger partial charge in [0.15, 0.2) is 0 Å². The molecule has 0 aromatic heterocycles. The summed E-state index contributed by atoms with van der Waals surface area (Å²) in [5.74, 6) is 0.255. The first-order valence-electron chi connectivity index (χ1n) is 6.61. The molecule has 2 N–H and O–H groups in total. The molecular formula is C12H23N3O2. The van der Waals surface area contributed by atoms with Crippen LogP contribution in [0.15, 0.2) is 0 Å². The molecule has 0 bridgehead atoms. The van der Waals surface area contributed by atoms with Crippen molar-refractivity contribution in [3.8, 4) is 0 Å². The minimum Gasteiger partial charge on any atom is -0.378 e. The van der Waals surface area contributed by atoms with Gasteiger partial charge in [0, 0.05) is 32.2 Å². The first-order chi connectivity index (χ1) is 8.31. The van der Waals surface area contributed by atoms with Crippen molar-refractivity contribution in [3.63, 3.8) is 0 Å². The Morgan fingerprint density at radius 1 is 1.24 bits per heavy atom. The number of hydrogen-bond acceptors (Lipinski definition) is 4. The number of carbonyl (C=O) groups is 1. The zero-order chi connectivity index (χ0) is 12.1. The maximum atomic E-state index is 12.1. The van der Waals surface area contributed by atoms with Gasteiger partial charge in [-0.1, -0.05) is 0 Å². The second kappa shape index (κ2) is 6.33. The van der Waals surface area contributed by atoms with Gasteiger partial charge in [0.2, 0.25) is 5.91 Å². The molecule has 0 spiro atoms. The molecule has 2 rings (SSSR count). The van der Waals surface area contributed by atoms with Crippen molar-refractivity contribution >= 4 is 5.91 Å². The van der Waals surface area contributed by atoms with Gasteiger partial charge in [-0.25, -0.2) is 0 Å². The van der Waals surface area contributed by atoms with Gasteiger partial charge in [-0.2, -0.15) is 0 Å². The van der Waals surface area contributed by atoms with Gasteiger partial charge >= 0.3 is 0 Å². The van der Waals surface area contributed by atoms with E-state index in [1.54, 1.807) is 0 Å². The average Bonchev–Trinajstić information content (AvgIpc) is 2.40. The summed E-state index contributed by atoms with van der Waals surface area (Å²) in [5, 5.41) is 0. The lowest BCUT2D eigenvalue weighted by Crippen LogP contribution is -2.53. The Hall–Kier alpha value is -0.650. The van der Waals surface area contributed by atoms with Gasteiger partial charge < -0.3 is 15.4 Å². The first kappa shape index (κ1) is 12.8. The molecule has 1 amide bonds. The number of rotatable bonds is 3. The predicted octanol–water partition coefficient (Wildman–Crippen LogP) is -0.342. The predicted molar refractivity (Wildman–Crippen MR) is 65.7 cm³/mol. The minimum atomic E-state index is 0.206. The van der Waals surface area contributed by atoms with Crippen LogP contribution < -0.4 is 5.73 Å². The van der Waals surface area contributed by atoms with Crippen molar-refractivity contribution in [2.75, 3.05) is 45.9 Å². The molecule has 5 heteroatoms. The molecule has 0 saturated carbocycles. The van der Waals surface area contributed by atoms with Gasteiger partial charge in [0.05, 0.1) is 19.8 Å². The first-order valence-corrected chi connectivity index (χ1v) is 6.61. The van der Waals surface area contributed by atoms with Crippen LogP contribution in [0.3, 0.4) is 0 Å². The van der Waals surface area contributed by atoms with E-state index in [4.69, 9.17) is 10.5 Å². The normalized spacial score (nSPS) is 27.1. The van der Waals surface area contributed by atoms with E-state index in [-0.39, 0.29) is 11.9 Å². The Labute approximate surface area is 103 Å². The maximum absolute atomic E-state index is 12.1. The number of nitrogens with two attached hydrogens (primary N) is 1. The van der Waals surface area contributed by atoms with Gasteiger partial charge in [0.1, 0.15) is 0 Å². The smallest absolute Gasteiger partial charge is 0.236 e. The molecule has 0 aromatic carbocycles. The highest BCUT2D eigenvalue weighted by Crippen LogP contribution is 2.11. The number of piperidine rings is 1. The topological polar surface area (TPSA) is 58.8 Å². The minimum absolute atomic E-state index is 0.206. The largest absolute Gasteiger partial charge is 0.378 e. The lowest BCUT2D eigenvalue weighted by molar-refractivity contribution is -0.135. The fourth-order valence-corrected chi connectivity index (χ4v) is 2.53. The molecule has 1 atom stereocenters. The summed E-state index contributed by atoms with van der Waals surface area (Å²) in [6, 6.07) is 0.206. The van der Waals surface area contributed by atoms with Gasteiger partial charge in [0.25, 0.3) is 0 Å².